The van der Waals surface area contributed by atoms with Gasteiger partial charge < -0.3 is 14.2 Å². The summed E-state index contributed by atoms with van der Waals surface area (Å²) in [6.45, 7) is 1.25. The van der Waals surface area contributed by atoms with E-state index in [1.54, 1.807) is 0 Å². The third-order valence-electron chi connectivity index (χ3n) is 4.31. The number of benzene rings is 1. The van der Waals surface area contributed by atoms with E-state index in [1.807, 2.05) is 24.3 Å². The second-order valence-corrected chi connectivity index (χ2v) is 6.19. The van der Waals surface area contributed by atoms with Gasteiger partial charge >= 0.3 is 0 Å². The first-order valence-corrected chi connectivity index (χ1v) is 8.49. The van der Waals surface area contributed by atoms with E-state index in [1.165, 1.54) is 37.7 Å². The molecule has 3 rings (SSSR count). The molecule has 0 saturated heterocycles. The van der Waals surface area contributed by atoms with E-state index in [9.17, 15) is 0 Å². The molecular formula is C19H26O3. The Morgan fingerprint density at radius 1 is 1.05 bits per heavy atom. The quantitative estimate of drug-likeness (QED) is 0.736. The van der Waals surface area contributed by atoms with Crippen molar-refractivity contribution in [2.45, 2.75) is 63.6 Å². The largest absolute Gasteiger partial charge is 0.374 e. The lowest BCUT2D eigenvalue weighted by Gasteiger charge is -2.30. The zero-order valence-electron chi connectivity index (χ0n) is 13.2. The van der Waals surface area contributed by atoms with Crippen molar-refractivity contribution in [2.75, 3.05) is 6.61 Å². The predicted octanol–water partition coefficient (Wildman–Crippen LogP) is 4.22. The zero-order chi connectivity index (χ0) is 15.0. The van der Waals surface area contributed by atoms with Gasteiger partial charge in [0.05, 0.1) is 25.4 Å². The van der Waals surface area contributed by atoms with Crippen LogP contribution < -0.4 is 0 Å². The van der Waals surface area contributed by atoms with Crippen molar-refractivity contribution in [3.63, 3.8) is 0 Å². The van der Waals surface area contributed by atoms with Crippen LogP contribution in [0.5, 0.6) is 0 Å². The summed E-state index contributed by atoms with van der Waals surface area (Å²) in [5, 5.41) is 0. The van der Waals surface area contributed by atoms with Gasteiger partial charge in [-0.15, -0.1) is 0 Å². The Hall–Kier alpha value is -1.16. The molecule has 2 atom stereocenters. The van der Waals surface area contributed by atoms with Crippen LogP contribution in [0.4, 0.5) is 0 Å². The van der Waals surface area contributed by atoms with Gasteiger partial charge in [0.1, 0.15) is 0 Å². The van der Waals surface area contributed by atoms with Gasteiger partial charge in [-0.05, 0) is 30.9 Å². The van der Waals surface area contributed by atoms with Crippen LogP contribution in [0.1, 0.15) is 44.1 Å². The Labute approximate surface area is 133 Å². The van der Waals surface area contributed by atoms with Crippen LogP contribution in [0.2, 0.25) is 0 Å². The third kappa shape index (κ3) is 4.94. The maximum atomic E-state index is 6.06. The van der Waals surface area contributed by atoms with Crippen LogP contribution in [0.25, 0.3) is 0 Å². The van der Waals surface area contributed by atoms with Crippen molar-refractivity contribution in [2.24, 2.45) is 0 Å². The molecule has 1 heterocycles. The van der Waals surface area contributed by atoms with E-state index in [0.717, 1.165) is 6.42 Å². The number of hydrogen-bond acceptors (Lipinski definition) is 3. The second kappa shape index (κ2) is 8.47. The summed E-state index contributed by atoms with van der Waals surface area (Å²) in [6, 6.07) is 10.2. The molecule has 1 saturated carbocycles. The number of rotatable bonds is 6. The molecule has 1 aromatic carbocycles. The topological polar surface area (TPSA) is 27.7 Å². The first-order valence-electron chi connectivity index (χ1n) is 8.49. The van der Waals surface area contributed by atoms with E-state index in [-0.39, 0.29) is 12.4 Å². The molecule has 0 bridgehead atoms. The monoisotopic (exact) mass is 302 g/mol. The van der Waals surface area contributed by atoms with Gasteiger partial charge in [-0.3, -0.25) is 0 Å². The van der Waals surface area contributed by atoms with Crippen molar-refractivity contribution < 1.29 is 14.2 Å². The fourth-order valence-electron chi connectivity index (χ4n) is 3.09. The van der Waals surface area contributed by atoms with Crippen molar-refractivity contribution >= 4 is 0 Å². The fourth-order valence-corrected chi connectivity index (χ4v) is 3.09. The minimum atomic E-state index is -0.192. The Morgan fingerprint density at radius 2 is 1.86 bits per heavy atom. The van der Waals surface area contributed by atoms with Crippen LogP contribution in [0.15, 0.2) is 42.5 Å². The molecular weight excluding hydrogens is 276 g/mol. The van der Waals surface area contributed by atoms with Gasteiger partial charge in [0.2, 0.25) is 0 Å². The highest BCUT2D eigenvalue weighted by molar-refractivity contribution is 5.13. The van der Waals surface area contributed by atoms with Gasteiger partial charge in [-0.2, -0.15) is 0 Å². The summed E-state index contributed by atoms with van der Waals surface area (Å²) in [6.07, 6.45) is 11.6. The Kier molecular flexibility index (Phi) is 6.05. The van der Waals surface area contributed by atoms with Crippen LogP contribution in [0, 0.1) is 0 Å². The molecule has 0 spiro atoms. The molecule has 0 N–H and O–H groups in total. The lowest BCUT2D eigenvalue weighted by Crippen LogP contribution is -2.33. The van der Waals surface area contributed by atoms with Crippen LogP contribution in [-0.2, 0) is 20.8 Å². The molecule has 0 unspecified atom stereocenters. The van der Waals surface area contributed by atoms with E-state index in [2.05, 4.69) is 18.2 Å². The highest BCUT2D eigenvalue weighted by Crippen LogP contribution is 2.24. The average Bonchev–Trinajstić information content (AvgIpc) is 2.57. The summed E-state index contributed by atoms with van der Waals surface area (Å²) < 4.78 is 17.8. The summed E-state index contributed by atoms with van der Waals surface area (Å²) in [4.78, 5) is 0. The molecule has 1 aliphatic carbocycles. The Balaban J connectivity index is 1.38. The molecule has 0 radical (unpaired) electrons. The normalized spacial score (nSPS) is 26.2. The van der Waals surface area contributed by atoms with Gasteiger partial charge in [0.25, 0.3) is 0 Å². The highest BCUT2D eigenvalue weighted by atomic mass is 16.7. The average molecular weight is 302 g/mol. The van der Waals surface area contributed by atoms with Gasteiger partial charge in [-0.25, -0.2) is 0 Å². The van der Waals surface area contributed by atoms with Gasteiger partial charge in [0, 0.05) is 0 Å². The van der Waals surface area contributed by atoms with E-state index in [0.29, 0.717) is 19.3 Å². The van der Waals surface area contributed by atoms with Gasteiger partial charge in [0.15, 0.2) is 6.29 Å². The summed E-state index contributed by atoms with van der Waals surface area (Å²) >= 11 is 0. The van der Waals surface area contributed by atoms with E-state index < -0.39 is 0 Å². The Bertz CT molecular complexity index is 451. The maximum Gasteiger partial charge on any atom is 0.177 e. The van der Waals surface area contributed by atoms with E-state index >= 15 is 0 Å². The first kappa shape index (κ1) is 15.7. The minimum Gasteiger partial charge on any atom is -0.374 e. The third-order valence-corrected chi connectivity index (χ3v) is 4.31. The lowest BCUT2D eigenvalue weighted by molar-refractivity contribution is -0.188. The smallest absolute Gasteiger partial charge is 0.177 e. The molecule has 1 fully saturated rings. The fraction of sp³-hybridized carbons (Fsp3) is 0.579. The van der Waals surface area contributed by atoms with Crippen molar-refractivity contribution in [3.8, 4) is 0 Å². The van der Waals surface area contributed by atoms with Crippen molar-refractivity contribution in [1.29, 1.82) is 0 Å². The molecule has 2 aliphatic rings. The van der Waals surface area contributed by atoms with Crippen molar-refractivity contribution in [1.82, 2.24) is 0 Å². The maximum absolute atomic E-state index is 6.06. The Morgan fingerprint density at radius 3 is 2.68 bits per heavy atom. The molecule has 22 heavy (non-hydrogen) atoms. The first-order chi connectivity index (χ1) is 10.9. The minimum absolute atomic E-state index is 0.0994. The van der Waals surface area contributed by atoms with Crippen molar-refractivity contribution in [3.05, 3.63) is 48.0 Å². The molecule has 0 amide bonds. The van der Waals surface area contributed by atoms with E-state index in [4.69, 9.17) is 14.2 Å². The van der Waals surface area contributed by atoms with Crippen LogP contribution in [0.3, 0.4) is 0 Å². The molecule has 1 aliphatic heterocycles. The highest BCUT2D eigenvalue weighted by Gasteiger charge is 2.23. The number of ether oxygens (including phenoxy) is 3. The standard InChI is InChI=1S/C19H26O3/c1-3-8-16(9-4-1)14-20-15-18-12-7-13-19(22-18)21-17-10-5-2-6-11-17/h1,3-4,7-9,13,17-19H,2,5-6,10-12,14-15H2/t18-,19-/m0/s1. The predicted molar refractivity (Wildman–Crippen MR) is 86.5 cm³/mol. The summed E-state index contributed by atoms with van der Waals surface area (Å²) in [5.41, 5.74) is 1.20. The SMILES string of the molecule is C1=C[C@@H](OC2CCCCC2)O[C@H](COCc2ccccc2)C1. The zero-order valence-corrected chi connectivity index (χ0v) is 13.2. The van der Waals surface area contributed by atoms with Gasteiger partial charge in [-0.1, -0.05) is 55.7 Å². The molecule has 0 aromatic heterocycles. The molecule has 3 heteroatoms. The lowest BCUT2D eigenvalue weighted by atomic mass is 9.98. The summed E-state index contributed by atoms with van der Waals surface area (Å²) in [7, 11) is 0. The second-order valence-electron chi connectivity index (χ2n) is 6.19. The van der Waals surface area contributed by atoms with Crippen LogP contribution in [-0.4, -0.2) is 25.1 Å². The molecule has 1 aromatic rings. The summed E-state index contributed by atoms with van der Waals surface area (Å²) in [5.74, 6) is 0. The van der Waals surface area contributed by atoms with Crippen LogP contribution >= 0.6 is 0 Å². The molecule has 120 valence electrons. The molecule has 3 nitrogen and oxygen atoms in total. The number of hydrogen-bond donors (Lipinski definition) is 0.